The van der Waals surface area contributed by atoms with Gasteiger partial charge in [0, 0.05) is 23.6 Å². The molecular formula is C22H21F3N4O3. The summed E-state index contributed by atoms with van der Waals surface area (Å²) in [5, 5.41) is 19.7. The fraction of sp³-hybridized carbons (Fsp3) is 0.318. The van der Waals surface area contributed by atoms with Gasteiger partial charge in [0.05, 0.1) is 5.56 Å². The first kappa shape index (κ1) is 21.8. The molecule has 1 fully saturated rings. The number of carbonyl (C=O) groups is 1. The van der Waals surface area contributed by atoms with Gasteiger partial charge >= 0.3 is 6.18 Å². The number of aromatic nitrogens is 3. The average molecular weight is 446 g/mol. The Morgan fingerprint density at radius 3 is 2.66 bits per heavy atom. The van der Waals surface area contributed by atoms with E-state index in [1.165, 1.54) is 12.1 Å². The van der Waals surface area contributed by atoms with Crippen molar-refractivity contribution < 1.29 is 27.8 Å². The smallest absolute Gasteiger partial charge is 0.416 e. The molecule has 0 unspecified atom stereocenters. The standard InChI is InChI=1S/C22H21F3N4O3/c23-22(24,25)16-2-1-3-18(10-16)32-12-17(30)11-26-21(31)15-8-6-14(7-9-15)20-27-19(28-29-20)13-4-5-13/h1-3,6-10,13,17,30H,4-5,11-12H2,(H,26,31)(H,27,28,29)/t17-/m1/s1. The maximum atomic E-state index is 12.7. The van der Waals surface area contributed by atoms with Gasteiger partial charge in [-0.2, -0.15) is 18.3 Å². The van der Waals surface area contributed by atoms with Gasteiger partial charge in [-0.05, 0) is 43.2 Å². The average Bonchev–Trinajstić information content (AvgIpc) is 3.52. The number of carbonyl (C=O) groups excluding carboxylic acids is 1. The van der Waals surface area contributed by atoms with Gasteiger partial charge in [0.25, 0.3) is 5.91 Å². The summed E-state index contributed by atoms with van der Waals surface area (Å²) < 4.78 is 43.4. The minimum absolute atomic E-state index is 0.0161. The number of aliphatic hydroxyl groups excluding tert-OH is 1. The number of halogens is 3. The molecule has 10 heteroatoms. The molecule has 0 spiro atoms. The van der Waals surface area contributed by atoms with E-state index < -0.39 is 23.8 Å². The molecule has 1 aromatic heterocycles. The summed E-state index contributed by atoms with van der Waals surface area (Å²) in [7, 11) is 0. The number of H-pyrrole nitrogens is 1. The minimum Gasteiger partial charge on any atom is -0.491 e. The van der Waals surface area contributed by atoms with Crippen LogP contribution in [-0.4, -0.2) is 45.5 Å². The Labute approximate surface area is 181 Å². The van der Waals surface area contributed by atoms with Crippen LogP contribution in [-0.2, 0) is 6.18 Å². The van der Waals surface area contributed by atoms with Gasteiger partial charge in [-0.25, -0.2) is 4.98 Å². The van der Waals surface area contributed by atoms with Crippen molar-refractivity contribution in [3.63, 3.8) is 0 Å². The Kier molecular flexibility index (Phi) is 6.13. The molecule has 0 saturated heterocycles. The molecule has 3 aromatic rings. The van der Waals surface area contributed by atoms with E-state index in [4.69, 9.17) is 4.74 Å². The van der Waals surface area contributed by atoms with Crippen molar-refractivity contribution in [1.29, 1.82) is 0 Å². The zero-order valence-corrected chi connectivity index (χ0v) is 16.9. The van der Waals surface area contributed by atoms with Crippen LogP contribution >= 0.6 is 0 Å². The summed E-state index contributed by atoms with van der Waals surface area (Å²) in [6.45, 7) is -0.389. The van der Waals surface area contributed by atoms with E-state index in [2.05, 4.69) is 20.5 Å². The van der Waals surface area contributed by atoms with Crippen molar-refractivity contribution in [2.75, 3.05) is 13.2 Å². The van der Waals surface area contributed by atoms with Crippen LogP contribution in [0.3, 0.4) is 0 Å². The van der Waals surface area contributed by atoms with Crippen LogP contribution in [0.1, 0.15) is 40.5 Å². The molecule has 1 saturated carbocycles. The summed E-state index contributed by atoms with van der Waals surface area (Å²) in [4.78, 5) is 16.8. The number of benzene rings is 2. The van der Waals surface area contributed by atoms with Gasteiger partial charge in [0.1, 0.15) is 24.3 Å². The molecule has 2 aromatic carbocycles. The molecule has 1 heterocycles. The van der Waals surface area contributed by atoms with Crippen molar-refractivity contribution in [2.45, 2.75) is 31.0 Å². The van der Waals surface area contributed by atoms with Gasteiger partial charge in [-0.3, -0.25) is 9.89 Å². The molecule has 1 aliphatic rings. The quantitative estimate of drug-likeness (QED) is 0.492. The number of nitrogens with zero attached hydrogens (tertiary/aromatic N) is 2. The van der Waals surface area contributed by atoms with Crippen LogP contribution in [0, 0.1) is 0 Å². The highest BCUT2D eigenvalue weighted by atomic mass is 19.4. The number of aliphatic hydroxyl groups is 1. The van der Waals surface area contributed by atoms with Crippen LogP contribution in [0.25, 0.3) is 11.4 Å². The maximum absolute atomic E-state index is 12.7. The lowest BCUT2D eigenvalue weighted by Gasteiger charge is -2.14. The van der Waals surface area contributed by atoms with Crippen LogP contribution in [0.5, 0.6) is 5.75 Å². The second-order valence-corrected chi connectivity index (χ2v) is 7.60. The van der Waals surface area contributed by atoms with E-state index >= 15 is 0 Å². The number of hydrogen-bond donors (Lipinski definition) is 3. The number of aromatic amines is 1. The molecule has 1 amide bonds. The molecule has 3 N–H and O–H groups in total. The molecular weight excluding hydrogens is 425 g/mol. The Morgan fingerprint density at radius 2 is 1.97 bits per heavy atom. The zero-order chi connectivity index (χ0) is 22.7. The second kappa shape index (κ2) is 8.99. The van der Waals surface area contributed by atoms with Crippen molar-refractivity contribution in [1.82, 2.24) is 20.5 Å². The molecule has 1 atom stereocenters. The van der Waals surface area contributed by atoms with Crippen molar-refractivity contribution >= 4 is 5.91 Å². The summed E-state index contributed by atoms with van der Waals surface area (Å²) in [5.74, 6) is 1.50. The fourth-order valence-electron chi connectivity index (χ4n) is 3.04. The van der Waals surface area contributed by atoms with Gasteiger partial charge in [0.2, 0.25) is 0 Å². The van der Waals surface area contributed by atoms with E-state index in [9.17, 15) is 23.1 Å². The Balaban J connectivity index is 1.26. The van der Waals surface area contributed by atoms with Crippen LogP contribution in [0.4, 0.5) is 13.2 Å². The molecule has 7 nitrogen and oxygen atoms in total. The lowest BCUT2D eigenvalue weighted by atomic mass is 10.1. The normalized spacial score (nSPS) is 14.8. The summed E-state index contributed by atoms with van der Waals surface area (Å²) >= 11 is 0. The first-order valence-corrected chi connectivity index (χ1v) is 10.1. The molecule has 0 bridgehead atoms. The Morgan fingerprint density at radius 1 is 1.22 bits per heavy atom. The topological polar surface area (TPSA) is 100 Å². The monoisotopic (exact) mass is 446 g/mol. The summed E-state index contributed by atoms with van der Waals surface area (Å²) in [5.41, 5.74) is 0.326. The van der Waals surface area contributed by atoms with Crippen LogP contribution < -0.4 is 10.1 Å². The number of hydrogen-bond acceptors (Lipinski definition) is 5. The van der Waals surface area contributed by atoms with E-state index in [-0.39, 0.29) is 18.9 Å². The van der Waals surface area contributed by atoms with Crippen molar-refractivity contribution in [3.05, 3.63) is 65.5 Å². The number of nitrogens with one attached hydrogen (secondary N) is 2. The third kappa shape index (κ3) is 5.44. The van der Waals surface area contributed by atoms with Crippen molar-refractivity contribution in [2.24, 2.45) is 0 Å². The van der Waals surface area contributed by atoms with Crippen molar-refractivity contribution in [3.8, 4) is 17.1 Å². The maximum Gasteiger partial charge on any atom is 0.416 e. The number of rotatable bonds is 8. The molecule has 32 heavy (non-hydrogen) atoms. The van der Waals surface area contributed by atoms with Crippen LogP contribution in [0.15, 0.2) is 48.5 Å². The number of amides is 1. The van der Waals surface area contributed by atoms with Gasteiger partial charge < -0.3 is 15.2 Å². The first-order valence-electron chi connectivity index (χ1n) is 10.1. The van der Waals surface area contributed by atoms with Gasteiger partial charge in [-0.1, -0.05) is 18.2 Å². The number of ether oxygens (including phenoxy) is 1. The number of alkyl halides is 3. The van der Waals surface area contributed by atoms with Gasteiger partial charge in [-0.15, -0.1) is 0 Å². The molecule has 4 rings (SSSR count). The third-order valence-corrected chi connectivity index (χ3v) is 4.97. The van der Waals surface area contributed by atoms with E-state index in [1.54, 1.807) is 24.3 Å². The molecule has 0 radical (unpaired) electrons. The zero-order valence-electron chi connectivity index (χ0n) is 16.9. The van der Waals surface area contributed by atoms with Gasteiger partial charge in [0.15, 0.2) is 5.82 Å². The Hall–Kier alpha value is -3.40. The third-order valence-electron chi connectivity index (χ3n) is 4.97. The SMILES string of the molecule is O=C(NC[C@@H](O)COc1cccc(C(F)(F)F)c1)c1ccc(-c2n[nH]c(C3CC3)n2)cc1. The highest BCUT2D eigenvalue weighted by Gasteiger charge is 2.30. The molecule has 1 aliphatic carbocycles. The first-order chi connectivity index (χ1) is 15.3. The fourth-order valence-corrected chi connectivity index (χ4v) is 3.04. The lowest BCUT2D eigenvalue weighted by molar-refractivity contribution is -0.137. The van der Waals surface area contributed by atoms with Crippen LogP contribution in [0.2, 0.25) is 0 Å². The highest BCUT2D eigenvalue weighted by Crippen LogP contribution is 2.38. The molecule has 168 valence electrons. The molecule has 0 aliphatic heterocycles. The summed E-state index contributed by atoms with van der Waals surface area (Å²) in [6, 6.07) is 11.1. The second-order valence-electron chi connectivity index (χ2n) is 7.60. The predicted molar refractivity (Wildman–Crippen MR) is 109 cm³/mol. The highest BCUT2D eigenvalue weighted by molar-refractivity contribution is 5.94. The van der Waals surface area contributed by atoms with E-state index in [0.717, 1.165) is 36.4 Å². The predicted octanol–water partition coefficient (Wildman–Crippen LogP) is 3.54. The minimum atomic E-state index is -4.48. The largest absolute Gasteiger partial charge is 0.491 e. The summed E-state index contributed by atoms with van der Waals surface area (Å²) in [6.07, 6.45) is -3.34. The lowest BCUT2D eigenvalue weighted by Crippen LogP contribution is -2.35. The van der Waals surface area contributed by atoms with E-state index in [0.29, 0.717) is 17.3 Å². The van der Waals surface area contributed by atoms with E-state index in [1.807, 2.05) is 0 Å². The Bertz CT molecular complexity index is 1080.